The molecule has 0 aliphatic carbocycles. The van der Waals surface area contributed by atoms with Crippen molar-refractivity contribution in [2.45, 2.75) is 6.37 Å². The van der Waals surface area contributed by atoms with Crippen molar-refractivity contribution < 1.29 is 12.6 Å². The molecule has 1 aromatic rings. The van der Waals surface area contributed by atoms with Crippen molar-refractivity contribution >= 4 is 21.9 Å². The highest BCUT2D eigenvalue weighted by Gasteiger charge is 1.99. The molecule has 0 saturated carbocycles. The van der Waals surface area contributed by atoms with Gasteiger partial charge in [-0.3, -0.25) is 4.79 Å². The summed E-state index contributed by atoms with van der Waals surface area (Å²) in [5.41, 5.74) is 0.157. The van der Waals surface area contributed by atoms with Crippen LogP contribution < -0.4 is 0 Å². The molecule has 0 unspecified atom stereocenters. The molecule has 1 N–H and O–H groups in total. The van der Waals surface area contributed by atoms with Crippen LogP contribution in [-0.4, -0.2) is 11.1 Å². The van der Waals surface area contributed by atoms with Gasteiger partial charge in [0.25, 0.3) is 1.43 Å². The number of carbonyl (C=O) groups is 1. The zero-order chi connectivity index (χ0) is 10.8. The summed E-state index contributed by atoms with van der Waals surface area (Å²) in [6.45, 7) is 0. The fourth-order valence-corrected chi connectivity index (χ4v) is 1.08. The molecule has 2 nitrogen and oxygen atoms in total. The summed E-state index contributed by atoms with van der Waals surface area (Å²) >= 11 is 3.16. The molecule has 0 bridgehead atoms. The van der Waals surface area contributed by atoms with E-state index in [2.05, 4.69) is 21.0 Å². The Kier molecular flexibility index (Phi) is 1.58. The quantitative estimate of drug-likeness (QED) is 0.824. The molecule has 0 radical (unpaired) electrons. The van der Waals surface area contributed by atoms with Crippen LogP contribution in [0.25, 0.3) is 1.43 Å². The molecule has 0 atom stereocenters. The van der Waals surface area contributed by atoms with E-state index >= 15 is 0 Å². The molecule has 0 saturated heterocycles. The average molecular weight is 218 g/mol. The highest BCUT2D eigenvalue weighted by Crippen LogP contribution is 2.11. The molecular weight excluding hydrogens is 208 g/mol. The first-order valence-electron chi connectivity index (χ1n) is 4.33. The summed E-state index contributed by atoms with van der Waals surface area (Å²) in [6.07, 6.45) is -2.29. The minimum atomic E-state index is -2.29. The molecule has 0 heterocycles. The lowest BCUT2D eigenvalue weighted by Crippen LogP contribution is -1.99. The number of halogens is 1. The van der Waals surface area contributed by atoms with Crippen LogP contribution in [0.15, 0.2) is 28.7 Å². The van der Waals surface area contributed by atoms with Crippen LogP contribution in [0, 0.1) is 0 Å². The first-order chi connectivity index (χ1) is 6.48. The van der Waals surface area contributed by atoms with E-state index in [1.807, 2.05) is 0 Å². The normalized spacial score (nSPS) is 14.5. The second kappa shape index (κ2) is 3.53. The van der Waals surface area contributed by atoms with E-state index in [4.69, 9.17) is 4.17 Å². The molecule has 1 aromatic carbocycles. The van der Waals surface area contributed by atoms with Gasteiger partial charge in [-0.25, -0.2) is 0 Å². The van der Waals surface area contributed by atoms with Gasteiger partial charge in [-0.1, -0.05) is 28.1 Å². The third-order valence-corrected chi connectivity index (χ3v) is 1.56. The van der Waals surface area contributed by atoms with Crippen LogP contribution in [-0.2, 0) is 11.2 Å². The number of aliphatic carboxylic acids is 1. The Morgan fingerprint density at radius 1 is 1.82 bits per heavy atom. The van der Waals surface area contributed by atoms with Gasteiger partial charge in [0.2, 0.25) is 0 Å². The largest absolute Gasteiger partial charge is 0.481 e. The van der Waals surface area contributed by atoms with Crippen LogP contribution in [0.5, 0.6) is 0 Å². The van der Waals surface area contributed by atoms with Crippen molar-refractivity contribution in [1.29, 1.82) is 1.43 Å². The Morgan fingerprint density at radius 2 is 2.64 bits per heavy atom. The number of carboxylic acid groups (broad SMARTS) is 1. The molecule has 0 amide bonds. The number of benzene rings is 1. The van der Waals surface area contributed by atoms with Gasteiger partial charge in [-0.2, -0.15) is 0 Å². The summed E-state index contributed by atoms with van der Waals surface area (Å²) in [6, 6.07) is 6.25. The standard InChI is InChI=1S/C8H7BrO2/c9-7-3-1-2-6(4-7)5-8(10)11/h1-4H,5H2,(H,10,11)/i5D2/hD. The van der Waals surface area contributed by atoms with E-state index in [0.717, 1.165) is 0 Å². The van der Waals surface area contributed by atoms with E-state index in [9.17, 15) is 4.79 Å². The lowest BCUT2D eigenvalue weighted by Gasteiger charge is -1.95. The maximum absolute atomic E-state index is 10.9. The Labute approximate surface area is 77.3 Å². The van der Waals surface area contributed by atoms with Crippen LogP contribution in [0.4, 0.5) is 0 Å². The molecular formula is C8H7BrO2. The van der Waals surface area contributed by atoms with Crippen molar-refractivity contribution in [2.75, 3.05) is 0 Å². The van der Waals surface area contributed by atoms with E-state index < -0.39 is 12.3 Å². The molecule has 11 heavy (non-hydrogen) atoms. The van der Waals surface area contributed by atoms with Gasteiger partial charge in [0.15, 0.2) is 0 Å². The van der Waals surface area contributed by atoms with E-state index in [1.54, 1.807) is 12.1 Å². The number of rotatable bonds is 2. The first kappa shape index (κ1) is 4.93. The Hall–Kier alpha value is -0.830. The predicted molar refractivity (Wildman–Crippen MR) is 45.5 cm³/mol. The minimum Gasteiger partial charge on any atom is -0.481 e. The molecule has 0 spiro atoms. The highest BCUT2D eigenvalue weighted by molar-refractivity contribution is 9.10. The Balaban J connectivity index is 3.09. The van der Waals surface area contributed by atoms with Gasteiger partial charge in [-0.05, 0) is 17.7 Å². The third-order valence-electron chi connectivity index (χ3n) is 1.07. The second-order valence-electron chi connectivity index (χ2n) is 1.92. The Bertz CT molecular complexity index is 354. The van der Waals surface area contributed by atoms with Gasteiger partial charge >= 0.3 is 5.97 Å². The highest BCUT2D eigenvalue weighted by atomic mass is 79.9. The Morgan fingerprint density at radius 3 is 3.27 bits per heavy atom. The molecule has 1 rings (SSSR count). The van der Waals surface area contributed by atoms with Gasteiger partial charge in [0.05, 0.1) is 6.37 Å². The number of carboxylic acids is 1. The molecule has 3 heteroatoms. The van der Waals surface area contributed by atoms with Crippen molar-refractivity contribution in [3.63, 3.8) is 0 Å². The van der Waals surface area contributed by atoms with Crippen LogP contribution in [0.2, 0.25) is 0 Å². The van der Waals surface area contributed by atoms with E-state index in [-0.39, 0.29) is 5.56 Å². The average Bonchev–Trinajstić information content (AvgIpc) is 2.16. The molecule has 0 aromatic heterocycles. The van der Waals surface area contributed by atoms with Crippen LogP contribution in [0.1, 0.15) is 8.30 Å². The molecule has 0 aliphatic rings. The summed E-state index contributed by atoms with van der Waals surface area (Å²) in [4.78, 5) is 10.9. The predicted octanol–water partition coefficient (Wildman–Crippen LogP) is 2.08. The van der Waals surface area contributed by atoms with Gasteiger partial charge in [0, 0.05) is 7.21 Å². The summed E-state index contributed by atoms with van der Waals surface area (Å²) in [5.74, 6) is -1.23. The van der Waals surface area contributed by atoms with Crippen LogP contribution >= 0.6 is 15.9 Å². The van der Waals surface area contributed by atoms with Crippen molar-refractivity contribution in [1.82, 2.24) is 0 Å². The molecule has 0 fully saturated rings. The lowest BCUT2D eigenvalue weighted by atomic mass is 10.2. The summed E-state index contributed by atoms with van der Waals surface area (Å²) < 4.78 is 21.9. The van der Waals surface area contributed by atoms with Crippen molar-refractivity contribution in [2.24, 2.45) is 0 Å². The maximum atomic E-state index is 10.9. The second-order valence-corrected chi connectivity index (χ2v) is 2.84. The SMILES string of the molecule is [2H]OC(=O)C([2H])([2H])c1cccc(Br)c1. The zero-order valence-electron chi connectivity index (χ0n) is 8.50. The monoisotopic (exact) mass is 217 g/mol. The van der Waals surface area contributed by atoms with E-state index in [0.29, 0.717) is 4.47 Å². The first-order valence-corrected chi connectivity index (χ1v) is 3.71. The third kappa shape index (κ3) is 2.72. The number of hydrogen-bond donors (Lipinski definition) is 1. The topological polar surface area (TPSA) is 37.3 Å². The molecule has 0 aliphatic heterocycles. The fraction of sp³-hybridized carbons (Fsp3) is 0.125. The van der Waals surface area contributed by atoms with Crippen molar-refractivity contribution in [3.05, 3.63) is 34.3 Å². The van der Waals surface area contributed by atoms with Gasteiger partial charge in [0.1, 0.15) is 0 Å². The summed E-state index contributed by atoms with van der Waals surface area (Å²) in [5, 5.41) is 3.63. The smallest absolute Gasteiger partial charge is 0.307 e. The number of hydrogen-bond acceptors (Lipinski definition) is 2. The minimum absolute atomic E-state index is 0.157. The van der Waals surface area contributed by atoms with Gasteiger partial charge in [-0.15, -0.1) is 0 Å². The lowest BCUT2D eigenvalue weighted by molar-refractivity contribution is -0.136. The fourth-order valence-electron chi connectivity index (χ4n) is 0.684. The van der Waals surface area contributed by atoms with E-state index in [1.165, 1.54) is 12.1 Å². The van der Waals surface area contributed by atoms with Crippen molar-refractivity contribution in [3.8, 4) is 0 Å². The maximum Gasteiger partial charge on any atom is 0.307 e. The van der Waals surface area contributed by atoms with Crippen LogP contribution in [0.3, 0.4) is 0 Å². The zero-order valence-corrected chi connectivity index (χ0v) is 7.09. The molecule has 58 valence electrons. The summed E-state index contributed by atoms with van der Waals surface area (Å²) in [7, 11) is 0. The van der Waals surface area contributed by atoms with Gasteiger partial charge < -0.3 is 5.11 Å².